The molecule has 3 aromatic carbocycles. The Labute approximate surface area is 256 Å². The van der Waals surface area contributed by atoms with Gasteiger partial charge in [-0.05, 0) is 90.0 Å². The molecule has 0 radical (unpaired) electrons. The van der Waals surface area contributed by atoms with Crippen molar-refractivity contribution in [1.82, 2.24) is 24.5 Å². The minimum absolute atomic E-state index is 0.874. The van der Waals surface area contributed by atoms with Crippen molar-refractivity contribution in [1.29, 1.82) is 0 Å². The largest absolute Gasteiger partial charge is 0.308 e. The Kier molecular flexibility index (Phi) is 5.61. The molecule has 6 heteroatoms. The Morgan fingerprint density at radius 2 is 1.23 bits per heavy atom. The summed E-state index contributed by atoms with van der Waals surface area (Å²) in [4.78, 5) is 18.5. The molecule has 0 atom stereocenters. The molecule has 0 aliphatic carbocycles. The molecule has 0 bridgehead atoms. The minimum atomic E-state index is 0.874. The van der Waals surface area contributed by atoms with E-state index in [1.807, 2.05) is 60.3 Å². The van der Waals surface area contributed by atoms with E-state index in [9.17, 15) is 0 Å². The van der Waals surface area contributed by atoms with Crippen molar-refractivity contribution in [3.8, 4) is 39.3 Å². The molecule has 0 amide bonds. The second-order valence-electron chi connectivity index (χ2n) is 10.8. The third-order valence-corrected chi connectivity index (χ3v) is 9.35. The molecule has 0 saturated heterocycles. The van der Waals surface area contributed by atoms with E-state index in [2.05, 4.69) is 93.4 Å². The van der Waals surface area contributed by atoms with Crippen molar-refractivity contribution in [2.24, 2.45) is 0 Å². The first-order chi connectivity index (χ1) is 21.8. The zero-order valence-corrected chi connectivity index (χ0v) is 24.2. The Bertz CT molecular complexity index is 2420. The van der Waals surface area contributed by atoms with Gasteiger partial charge in [-0.25, -0.2) is 4.98 Å². The van der Waals surface area contributed by atoms with Crippen LogP contribution in [0, 0.1) is 0 Å². The summed E-state index contributed by atoms with van der Waals surface area (Å²) in [6, 6.07) is 38.5. The lowest BCUT2D eigenvalue weighted by atomic mass is 10.0. The van der Waals surface area contributed by atoms with Crippen LogP contribution in [0.15, 0.2) is 140 Å². The van der Waals surface area contributed by atoms with Gasteiger partial charge in [0.2, 0.25) is 0 Å². The number of nitrogens with zero attached hydrogens (tertiary/aromatic N) is 5. The second kappa shape index (κ2) is 9.93. The van der Waals surface area contributed by atoms with Gasteiger partial charge in [-0.3, -0.25) is 15.0 Å². The average molecular weight is 582 g/mol. The lowest BCUT2D eigenvalue weighted by Gasteiger charge is -2.12. The standard InChI is InChI=1S/C38H23N5S/c1-2-10-36-29(8-1)30-20-31-35(21-37(30)44-36)43(34-9-5-17-41-38(31)34)28-13-11-24(12-14-28)27-18-32(25-6-3-15-39-22-25)42-33(19-27)26-7-4-16-40-23-26/h1-23H. The number of benzene rings is 3. The van der Waals surface area contributed by atoms with Crippen LogP contribution in [0.2, 0.25) is 0 Å². The molecule has 5 nitrogen and oxygen atoms in total. The molecule has 9 aromatic rings. The second-order valence-corrected chi connectivity index (χ2v) is 11.9. The van der Waals surface area contributed by atoms with Crippen molar-refractivity contribution >= 4 is 53.4 Å². The zero-order valence-electron chi connectivity index (χ0n) is 23.4. The third kappa shape index (κ3) is 4.00. The van der Waals surface area contributed by atoms with Gasteiger partial charge < -0.3 is 4.57 Å². The highest BCUT2D eigenvalue weighted by atomic mass is 32.1. The van der Waals surface area contributed by atoms with Crippen LogP contribution in [0.1, 0.15) is 0 Å². The van der Waals surface area contributed by atoms with Crippen LogP contribution in [0.5, 0.6) is 0 Å². The van der Waals surface area contributed by atoms with E-state index in [1.54, 1.807) is 12.4 Å². The van der Waals surface area contributed by atoms with Crippen LogP contribution in [-0.2, 0) is 0 Å². The Hall–Kier alpha value is -5.72. The molecule has 206 valence electrons. The normalized spacial score (nSPS) is 11.6. The first-order valence-electron chi connectivity index (χ1n) is 14.4. The third-order valence-electron chi connectivity index (χ3n) is 8.22. The van der Waals surface area contributed by atoms with Crippen molar-refractivity contribution in [3.63, 3.8) is 0 Å². The van der Waals surface area contributed by atoms with E-state index in [0.717, 1.165) is 61.3 Å². The van der Waals surface area contributed by atoms with Gasteiger partial charge in [-0.15, -0.1) is 11.3 Å². The Balaban J connectivity index is 1.21. The minimum Gasteiger partial charge on any atom is -0.308 e. The summed E-state index contributed by atoms with van der Waals surface area (Å²) in [6.45, 7) is 0. The van der Waals surface area contributed by atoms with E-state index in [1.165, 1.54) is 20.2 Å². The highest BCUT2D eigenvalue weighted by Crippen LogP contribution is 2.40. The van der Waals surface area contributed by atoms with Crippen LogP contribution in [0.4, 0.5) is 0 Å². The molecular formula is C38H23N5S. The predicted octanol–water partition coefficient (Wildman–Crippen LogP) is 9.73. The first-order valence-corrected chi connectivity index (χ1v) is 15.3. The fourth-order valence-corrected chi connectivity index (χ4v) is 7.27. The summed E-state index contributed by atoms with van der Waals surface area (Å²) in [5, 5.41) is 3.74. The van der Waals surface area contributed by atoms with Gasteiger partial charge in [0, 0.05) is 73.4 Å². The van der Waals surface area contributed by atoms with Crippen molar-refractivity contribution < 1.29 is 0 Å². The monoisotopic (exact) mass is 581 g/mol. The quantitative estimate of drug-likeness (QED) is 0.208. The summed E-state index contributed by atoms with van der Waals surface area (Å²) in [5.74, 6) is 0. The SMILES string of the molecule is c1cncc(-c2cc(-c3ccc(-n4c5cc6sc7ccccc7c6cc5c5ncccc54)cc3)cc(-c3cccnc3)n2)c1. The fraction of sp³-hybridized carbons (Fsp3) is 0. The number of hydrogen-bond acceptors (Lipinski definition) is 5. The van der Waals surface area contributed by atoms with Crippen LogP contribution >= 0.6 is 11.3 Å². The summed E-state index contributed by atoms with van der Waals surface area (Å²) < 4.78 is 4.92. The van der Waals surface area contributed by atoms with E-state index in [4.69, 9.17) is 9.97 Å². The molecule has 0 N–H and O–H groups in total. The summed E-state index contributed by atoms with van der Waals surface area (Å²) in [5.41, 5.74) is 10.3. The average Bonchev–Trinajstić information content (AvgIpc) is 3.62. The first kappa shape index (κ1) is 24.8. The van der Waals surface area contributed by atoms with Crippen LogP contribution in [-0.4, -0.2) is 24.5 Å². The van der Waals surface area contributed by atoms with E-state index >= 15 is 0 Å². The van der Waals surface area contributed by atoms with Gasteiger partial charge in [0.15, 0.2) is 0 Å². The molecular weight excluding hydrogens is 559 g/mol. The maximum atomic E-state index is 4.98. The number of fused-ring (bicyclic) bond motifs is 6. The Morgan fingerprint density at radius 3 is 1.95 bits per heavy atom. The maximum Gasteiger partial charge on any atom is 0.0963 e. The number of rotatable bonds is 4. The molecule has 0 aliphatic rings. The lowest BCUT2D eigenvalue weighted by molar-refractivity contribution is 1.18. The van der Waals surface area contributed by atoms with Gasteiger partial charge in [-0.2, -0.15) is 0 Å². The van der Waals surface area contributed by atoms with E-state index < -0.39 is 0 Å². The van der Waals surface area contributed by atoms with Crippen molar-refractivity contribution in [3.05, 3.63) is 140 Å². The molecule has 6 aromatic heterocycles. The molecule has 0 unspecified atom stereocenters. The van der Waals surface area contributed by atoms with Crippen molar-refractivity contribution in [2.75, 3.05) is 0 Å². The summed E-state index contributed by atoms with van der Waals surface area (Å²) in [7, 11) is 0. The van der Waals surface area contributed by atoms with Crippen LogP contribution in [0.3, 0.4) is 0 Å². The highest BCUT2D eigenvalue weighted by Gasteiger charge is 2.17. The molecule has 0 spiro atoms. The lowest BCUT2D eigenvalue weighted by Crippen LogP contribution is -1.95. The molecule has 6 heterocycles. The van der Waals surface area contributed by atoms with E-state index in [-0.39, 0.29) is 0 Å². The fourth-order valence-electron chi connectivity index (χ4n) is 6.15. The molecule has 0 saturated carbocycles. The molecule has 0 fully saturated rings. The van der Waals surface area contributed by atoms with Crippen LogP contribution < -0.4 is 0 Å². The Morgan fingerprint density at radius 1 is 0.500 bits per heavy atom. The molecule has 44 heavy (non-hydrogen) atoms. The molecule has 9 rings (SSSR count). The van der Waals surface area contributed by atoms with Gasteiger partial charge in [0.1, 0.15) is 0 Å². The van der Waals surface area contributed by atoms with E-state index in [0.29, 0.717) is 0 Å². The summed E-state index contributed by atoms with van der Waals surface area (Å²) >= 11 is 1.84. The van der Waals surface area contributed by atoms with Crippen molar-refractivity contribution in [2.45, 2.75) is 0 Å². The zero-order chi connectivity index (χ0) is 29.0. The number of pyridine rings is 4. The molecule has 0 aliphatic heterocycles. The van der Waals surface area contributed by atoms with Gasteiger partial charge in [-0.1, -0.05) is 30.3 Å². The van der Waals surface area contributed by atoms with Gasteiger partial charge in [0.25, 0.3) is 0 Å². The topological polar surface area (TPSA) is 56.5 Å². The van der Waals surface area contributed by atoms with Gasteiger partial charge in [0.05, 0.1) is 27.9 Å². The predicted molar refractivity (Wildman–Crippen MR) is 181 cm³/mol. The number of thiophene rings is 1. The summed E-state index contributed by atoms with van der Waals surface area (Å²) in [6.07, 6.45) is 9.15. The maximum absolute atomic E-state index is 4.98. The number of hydrogen-bond donors (Lipinski definition) is 0. The smallest absolute Gasteiger partial charge is 0.0963 e. The number of aromatic nitrogens is 5. The van der Waals surface area contributed by atoms with Crippen LogP contribution in [0.25, 0.3) is 81.4 Å². The van der Waals surface area contributed by atoms with Gasteiger partial charge >= 0.3 is 0 Å². The highest BCUT2D eigenvalue weighted by molar-refractivity contribution is 7.25.